The number of fused-ring (bicyclic) bond motifs is 8. The van der Waals surface area contributed by atoms with Crippen molar-refractivity contribution in [2.75, 3.05) is 4.90 Å². The average Bonchev–Trinajstić information content (AvgIpc) is 3.88. The van der Waals surface area contributed by atoms with Crippen molar-refractivity contribution in [3.8, 4) is 33.4 Å². The molecule has 0 atom stereocenters. The molecule has 1 heteroatoms. The molecule has 11 aromatic rings. The smallest absolute Gasteiger partial charge is 0.0719 e. The third-order valence-corrected chi connectivity index (χ3v) is 14.6. The summed E-state index contributed by atoms with van der Waals surface area (Å²) in [5.41, 5.74) is 19.9. The number of benzene rings is 11. The quantitative estimate of drug-likeness (QED) is 0.147. The normalized spacial score (nSPS) is 13.6. The minimum atomic E-state index is -0.581. The standard InChI is InChI=1S/C66H45N/c1-7-23-46(24-8-1)58-45-60-59-43-52(40-42-62(59)66(49-29-13-4-14-30-49,50-31-15-5-16-32-50)64(60)57-37-20-19-35-54(57)58)67(51-33-17-6-18-34-51)53-39-41-56-55-36-21-22-38-61(55)65(63(56)44-53,47-25-9-2-10-26-47)48-27-11-3-12-28-48/h1-45H. The number of rotatable bonds is 8. The largest absolute Gasteiger partial charge is 0.310 e. The molecule has 13 rings (SSSR count). The van der Waals surface area contributed by atoms with Gasteiger partial charge in [0.25, 0.3) is 0 Å². The maximum atomic E-state index is 2.48. The Kier molecular flexibility index (Phi) is 9.05. The minimum absolute atomic E-state index is 0.524. The van der Waals surface area contributed by atoms with Crippen LogP contribution in [0.4, 0.5) is 17.1 Å². The Balaban J connectivity index is 1.10. The van der Waals surface area contributed by atoms with Crippen molar-refractivity contribution in [2.24, 2.45) is 0 Å². The van der Waals surface area contributed by atoms with Gasteiger partial charge in [-0.2, -0.15) is 0 Å². The second-order valence-corrected chi connectivity index (χ2v) is 17.9. The summed E-state index contributed by atoms with van der Waals surface area (Å²) in [4.78, 5) is 2.47. The monoisotopic (exact) mass is 851 g/mol. The molecule has 0 unspecified atom stereocenters. The number of hydrogen-bond acceptors (Lipinski definition) is 1. The van der Waals surface area contributed by atoms with Gasteiger partial charge < -0.3 is 4.90 Å². The molecular weight excluding hydrogens is 807 g/mol. The third kappa shape index (κ3) is 5.75. The maximum Gasteiger partial charge on any atom is 0.0719 e. The summed E-state index contributed by atoms with van der Waals surface area (Å²) in [6, 6.07) is 101. The highest BCUT2D eigenvalue weighted by atomic mass is 15.1. The predicted octanol–water partition coefficient (Wildman–Crippen LogP) is 16.7. The summed E-state index contributed by atoms with van der Waals surface area (Å²) in [5.74, 6) is 0. The molecule has 2 aliphatic carbocycles. The van der Waals surface area contributed by atoms with E-state index in [-0.39, 0.29) is 0 Å². The van der Waals surface area contributed by atoms with Gasteiger partial charge in [0.2, 0.25) is 0 Å². The number of anilines is 3. The Bertz CT molecular complexity index is 3520. The highest BCUT2D eigenvalue weighted by Crippen LogP contribution is 2.61. The van der Waals surface area contributed by atoms with Crippen molar-refractivity contribution in [3.05, 3.63) is 317 Å². The number of hydrogen-bond donors (Lipinski definition) is 0. The molecule has 67 heavy (non-hydrogen) atoms. The fourth-order valence-corrected chi connectivity index (χ4v) is 11.9. The molecule has 0 spiro atoms. The first-order chi connectivity index (χ1) is 33.3. The van der Waals surface area contributed by atoms with Gasteiger partial charge in [0.15, 0.2) is 0 Å². The van der Waals surface area contributed by atoms with Crippen LogP contribution in [0.15, 0.2) is 273 Å². The zero-order valence-electron chi connectivity index (χ0n) is 36.9. The Hall–Kier alpha value is -8.52. The van der Waals surface area contributed by atoms with E-state index in [1.165, 1.54) is 88.7 Å². The molecule has 2 aliphatic rings. The molecule has 0 heterocycles. The fraction of sp³-hybridized carbons (Fsp3) is 0.0303. The first kappa shape index (κ1) is 38.9. The lowest BCUT2D eigenvalue weighted by molar-refractivity contribution is 0.768. The molecule has 1 nitrogen and oxygen atoms in total. The lowest BCUT2D eigenvalue weighted by Gasteiger charge is -2.35. The Morgan fingerprint density at radius 1 is 0.239 bits per heavy atom. The Morgan fingerprint density at radius 3 is 1.30 bits per heavy atom. The Labute approximate surface area is 392 Å². The third-order valence-electron chi connectivity index (χ3n) is 14.6. The summed E-state index contributed by atoms with van der Waals surface area (Å²) in [6.45, 7) is 0. The molecule has 0 aromatic heterocycles. The van der Waals surface area contributed by atoms with Gasteiger partial charge in [0.1, 0.15) is 0 Å². The van der Waals surface area contributed by atoms with Crippen LogP contribution in [-0.4, -0.2) is 0 Å². The SMILES string of the molecule is c1ccc(-c2cc3c(c4ccccc24)C(c2ccccc2)(c2ccccc2)c2ccc(N(c4ccccc4)c4ccc5c(c4)C(c4ccccc4)(c4ccccc4)c4ccccc4-5)cc2-3)cc1. The lowest BCUT2D eigenvalue weighted by atomic mass is 9.66. The summed E-state index contributed by atoms with van der Waals surface area (Å²) in [7, 11) is 0. The summed E-state index contributed by atoms with van der Waals surface area (Å²) in [6.07, 6.45) is 0. The zero-order chi connectivity index (χ0) is 44.4. The molecule has 314 valence electrons. The van der Waals surface area contributed by atoms with Gasteiger partial charge in [-0.25, -0.2) is 0 Å². The molecule has 0 bridgehead atoms. The van der Waals surface area contributed by atoms with Crippen LogP contribution in [0.3, 0.4) is 0 Å². The number of para-hydroxylation sites is 1. The second-order valence-electron chi connectivity index (χ2n) is 17.9. The lowest BCUT2D eigenvalue weighted by Crippen LogP contribution is -2.29. The minimum Gasteiger partial charge on any atom is -0.310 e. The predicted molar refractivity (Wildman–Crippen MR) is 279 cm³/mol. The number of nitrogens with zero attached hydrogens (tertiary/aromatic N) is 1. The second kappa shape index (κ2) is 15.6. The van der Waals surface area contributed by atoms with Crippen molar-refractivity contribution in [2.45, 2.75) is 10.8 Å². The summed E-state index contributed by atoms with van der Waals surface area (Å²) < 4.78 is 0. The van der Waals surface area contributed by atoms with E-state index in [4.69, 9.17) is 0 Å². The van der Waals surface area contributed by atoms with Gasteiger partial charge in [-0.3, -0.25) is 0 Å². The van der Waals surface area contributed by atoms with Gasteiger partial charge in [0, 0.05) is 17.1 Å². The summed E-state index contributed by atoms with van der Waals surface area (Å²) >= 11 is 0. The highest BCUT2D eigenvalue weighted by molar-refractivity contribution is 6.08. The van der Waals surface area contributed by atoms with Crippen LogP contribution in [0.1, 0.15) is 44.5 Å². The fourth-order valence-electron chi connectivity index (χ4n) is 11.9. The first-order valence-electron chi connectivity index (χ1n) is 23.3. The van der Waals surface area contributed by atoms with Crippen LogP contribution >= 0.6 is 0 Å². The van der Waals surface area contributed by atoms with E-state index in [2.05, 4.69) is 278 Å². The van der Waals surface area contributed by atoms with E-state index >= 15 is 0 Å². The molecular formula is C66H45N. The highest BCUT2D eigenvalue weighted by Gasteiger charge is 2.49. The van der Waals surface area contributed by atoms with Crippen LogP contribution < -0.4 is 4.90 Å². The van der Waals surface area contributed by atoms with Crippen LogP contribution in [0.25, 0.3) is 44.2 Å². The van der Waals surface area contributed by atoms with Gasteiger partial charge in [-0.15, -0.1) is 0 Å². The van der Waals surface area contributed by atoms with Crippen LogP contribution in [0.5, 0.6) is 0 Å². The topological polar surface area (TPSA) is 3.24 Å². The molecule has 0 saturated carbocycles. The van der Waals surface area contributed by atoms with E-state index in [0.717, 1.165) is 17.1 Å². The van der Waals surface area contributed by atoms with Crippen molar-refractivity contribution < 1.29 is 0 Å². The molecule has 0 N–H and O–H groups in total. The van der Waals surface area contributed by atoms with E-state index in [1.807, 2.05) is 0 Å². The summed E-state index contributed by atoms with van der Waals surface area (Å²) in [5, 5.41) is 2.52. The van der Waals surface area contributed by atoms with Gasteiger partial charge in [-0.05, 0) is 131 Å². The van der Waals surface area contributed by atoms with Gasteiger partial charge >= 0.3 is 0 Å². The van der Waals surface area contributed by atoms with Crippen LogP contribution in [0.2, 0.25) is 0 Å². The van der Waals surface area contributed by atoms with E-state index in [1.54, 1.807) is 0 Å². The molecule has 0 fully saturated rings. The average molecular weight is 852 g/mol. The molecule has 0 saturated heterocycles. The van der Waals surface area contributed by atoms with E-state index in [0.29, 0.717) is 0 Å². The van der Waals surface area contributed by atoms with E-state index < -0.39 is 10.8 Å². The van der Waals surface area contributed by atoms with Crippen molar-refractivity contribution in [1.82, 2.24) is 0 Å². The zero-order valence-corrected chi connectivity index (χ0v) is 36.9. The van der Waals surface area contributed by atoms with Crippen LogP contribution in [-0.2, 0) is 10.8 Å². The first-order valence-corrected chi connectivity index (χ1v) is 23.3. The van der Waals surface area contributed by atoms with Crippen molar-refractivity contribution in [3.63, 3.8) is 0 Å². The van der Waals surface area contributed by atoms with Crippen molar-refractivity contribution >= 4 is 27.8 Å². The molecule has 0 radical (unpaired) electrons. The molecule has 11 aromatic carbocycles. The van der Waals surface area contributed by atoms with Crippen LogP contribution in [0, 0.1) is 0 Å². The molecule has 0 aliphatic heterocycles. The molecule has 0 amide bonds. The van der Waals surface area contributed by atoms with Gasteiger partial charge in [-0.1, -0.05) is 231 Å². The van der Waals surface area contributed by atoms with Gasteiger partial charge in [0.05, 0.1) is 10.8 Å². The maximum absolute atomic E-state index is 2.48. The van der Waals surface area contributed by atoms with Crippen molar-refractivity contribution in [1.29, 1.82) is 0 Å². The van der Waals surface area contributed by atoms with E-state index in [9.17, 15) is 0 Å². The Morgan fingerprint density at radius 2 is 0.687 bits per heavy atom.